The molecule has 0 rings (SSSR count). The van der Waals surface area contributed by atoms with Crippen LogP contribution in [0.5, 0.6) is 0 Å². The summed E-state index contributed by atoms with van der Waals surface area (Å²) in [6, 6.07) is 0. The van der Waals surface area contributed by atoms with Gasteiger partial charge in [-0.3, -0.25) is 32.5 Å². The topological polar surface area (TPSA) is 231 Å². The van der Waals surface area contributed by atoms with E-state index >= 15 is 0 Å². The lowest BCUT2D eigenvalue weighted by molar-refractivity contribution is -0.161. The first-order valence-corrected chi connectivity index (χ1v) is 53.1. The van der Waals surface area contributed by atoms with Crippen LogP contribution in [0.15, 0.2) is 182 Å². The molecule has 0 aliphatic heterocycles. The fraction of sp³-hybridized carbons (Fsp3) is 0.692. The van der Waals surface area contributed by atoms with Crippen molar-refractivity contribution in [3.63, 3.8) is 0 Å². The van der Waals surface area contributed by atoms with Crippen LogP contribution in [-0.4, -0.2) is 95.9 Å². The van der Waals surface area contributed by atoms with E-state index in [2.05, 4.69) is 203 Å². The molecule has 0 bridgehead atoms. The van der Waals surface area contributed by atoms with Crippen LogP contribution in [0.2, 0.25) is 0 Å². The quantitative estimate of drug-likeness (QED) is 0.0146. The summed E-state index contributed by atoms with van der Waals surface area (Å²) in [5.41, 5.74) is 0. The first-order valence-electron chi connectivity index (χ1n) is 50.1. The molecule has 0 fully saturated rings. The number of rotatable bonds is 94. The fourth-order valence-corrected chi connectivity index (χ4v) is 15.2. The third kappa shape index (κ3) is 99.1. The summed E-state index contributed by atoms with van der Waals surface area (Å²) in [5.74, 6) is -1.57. The molecule has 0 aliphatic carbocycles. The van der Waals surface area contributed by atoms with Gasteiger partial charge in [0.25, 0.3) is 0 Å². The molecule has 5 unspecified atom stereocenters. The molecule has 0 heterocycles. The largest absolute Gasteiger partial charge is 0.472 e. The Bertz CT molecular complexity index is 3000. The zero-order chi connectivity index (χ0) is 90.7. The van der Waals surface area contributed by atoms with E-state index in [1.54, 1.807) is 0 Å². The summed E-state index contributed by atoms with van der Waals surface area (Å²) >= 11 is 0. The second-order valence-electron chi connectivity index (χ2n) is 33.2. The third-order valence-corrected chi connectivity index (χ3v) is 23.0. The summed E-state index contributed by atoms with van der Waals surface area (Å²) < 4.78 is 61.7. The molecule has 0 saturated heterocycles. The van der Waals surface area contributed by atoms with E-state index in [1.165, 1.54) is 180 Å². The van der Waals surface area contributed by atoms with Crippen molar-refractivity contribution in [1.29, 1.82) is 0 Å². The predicted octanol–water partition coefficient (Wildman–Crippen LogP) is 31.6. The Kier molecular flexibility index (Phi) is 93.5. The number of esters is 3. The van der Waals surface area contributed by atoms with E-state index in [1.807, 2.05) is 0 Å². The predicted molar refractivity (Wildman–Crippen MR) is 528 cm³/mol. The van der Waals surface area contributed by atoms with Crippen molar-refractivity contribution in [2.45, 2.75) is 437 Å². The number of aliphatic hydroxyl groups excluding tert-OH is 2. The van der Waals surface area contributed by atoms with Crippen LogP contribution in [0.4, 0.5) is 0 Å². The van der Waals surface area contributed by atoms with Crippen LogP contribution in [0, 0.1) is 0 Å². The highest BCUT2D eigenvalue weighted by molar-refractivity contribution is 7.47. The highest BCUT2D eigenvalue weighted by atomic mass is 31.2. The van der Waals surface area contributed by atoms with Crippen LogP contribution in [0.25, 0.3) is 0 Å². The van der Waals surface area contributed by atoms with Gasteiger partial charge in [0.1, 0.15) is 25.4 Å². The molecular weight excluding hydrogens is 1600 g/mol. The van der Waals surface area contributed by atoms with Gasteiger partial charge in [0.05, 0.1) is 26.4 Å². The van der Waals surface area contributed by atoms with Crippen molar-refractivity contribution in [1.82, 2.24) is 0 Å². The molecule has 0 aromatic rings. The van der Waals surface area contributed by atoms with E-state index in [0.29, 0.717) is 19.3 Å². The number of allylic oxidation sites excluding steroid dienone is 30. The molecule has 0 aromatic heterocycles. The molecule has 0 amide bonds. The number of aliphatic hydroxyl groups is 2. The maximum atomic E-state index is 13.1. The molecule has 716 valence electrons. The maximum Gasteiger partial charge on any atom is 0.472 e. The van der Waals surface area contributed by atoms with Gasteiger partial charge in [-0.2, -0.15) is 0 Å². The smallest absolute Gasteiger partial charge is 0.463 e. The Morgan fingerprint density at radius 2 is 0.424 bits per heavy atom. The first kappa shape index (κ1) is 120. The average molecular weight is 1790 g/mol. The lowest BCUT2D eigenvalue weighted by Crippen LogP contribution is -2.30. The van der Waals surface area contributed by atoms with E-state index < -0.39 is 91.5 Å². The highest BCUT2D eigenvalue weighted by Crippen LogP contribution is 2.45. The van der Waals surface area contributed by atoms with Crippen molar-refractivity contribution in [3.8, 4) is 0 Å². The van der Waals surface area contributed by atoms with Crippen molar-refractivity contribution in [2.75, 3.05) is 39.6 Å². The Morgan fingerprint density at radius 3 is 0.672 bits per heavy atom. The molecule has 4 N–H and O–H groups in total. The molecule has 18 heteroatoms. The molecule has 16 nitrogen and oxygen atoms in total. The lowest BCUT2D eigenvalue weighted by atomic mass is 10.0. The van der Waals surface area contributed by atoms with Crippen molar-refractivity contribution in [2.24, 2.45) is 0 Å². The first-order chi connectivity index (χ1) is 61.2. The van der Waals surface area contributed by atoms with Gasteiger partial charge < -0.3 is 34.2 Å². The van der Waals surface area contributed by atoms with E-state index in [9.17, 15) is 43.5 Å². The Hall–Kier alpha value is -5.35. The highest BCUT2D eigenvalue weighted by Gasteiger charge is 2.30. The molecule has 0 aromatic carbocycles. The summed E-state index contributed by atoms with van der Waals surface area (Å²) in [4.78, 5) is 59.2. The lowest BCUT2D eigenvalue weighted by Gasteiger charge is -2.21. The average Bonchev–Trinajstić information content (AvgIpc) is 0.898. The minimum Gasteiger partial charge on any atom is -0.463 e. The number of carbonyl (C=O) groups excluding carboxylic acids is 3. The van der Waals surface area contributed by atoms with Gasteiger partial charge in [-0.05, 0) is 161 Å². The van der Waals surface area contributed by atoms with Crippen LogP contribution in [-0.2, 0) is 55.8 Å². The van der Waals surface area contributed by atoms with Crippen molar-refractivity contribution in [3.05, 3.63) is 182 Å². The molecule has 0 saturated carbocycles. The van der Waals surface area contributed by atoms with E-state index in [4.69, 9.17) is 32.3 Å². The van der Waals surface area contributed by atoms with E-state index in [-0.39, 0.29) is 19.3 Å². The Labute approximate surface area is 764 Å². The SMILES string of the molecule is CC/C=C\C/C=C\C/C=C\C/C=C\C/C=C\C/C=C\CCCCCCCCCCCCCCC(=O)OCC(O)COP(=O)(O)OCC(O)COP(=O)(O)OCC(COC(=O)CCCCCCCCCCCCCCC/C=C\C/C=C\C/C=C\C/C=C\C/C=C\CC)OC(=O)CCCCCCCCCCCCCCC/C=C\C/C=C\C/C=C\C/C=C\CCCCC. The van der Waals surface area contributed by atoms with Crippen molar-refractivity contribution < 1.29 is 75.8 Å². The fourth-order valence-electron chi connectivity index (χ4n) is 13.6. The van der Waals surface area contributed by atoms with Crippen LogP contribution < -0.4 is 0 Å². The molecule has 5 atom stereocenters. The zero-order valence-electron chi connectivity index (χ0n) is 79.2. The number of ether oxygens (including phenoxy) is 3. The number of phosphoric ester groups is 2. The van der Waals surface area contributed by atoms with Gasteiger partial charge in [0, 0.05) is 19.3 Å². The number of unbranched alkanes of at least 4 members (excludes halogenated alkanes) is 41. The molecular formula is C107H182O16P2. The van der Waals surface area contributed by atoms with Crippen LogP contribution in [0.3, 0.4) is 0 Å². The summed E-state index contributed by atoms with van der Waals surface area (Å²) in [5, 5.41) is 20.8. The van der Waals surface area contributed by atoms with Gasteiger partial charge in [-0.25, -0.2) is 9.13 Å². The van der Waals surface area contributed by atoms with Gasteiger partial charge in [0.15, 0.2) is 6.10 Å². The van der Waals surface area contributed by atoms with Crippen LogP contribution in [0.1, 0.15) is 419 Å². The maximum absolute atomic E-state index is 13.1. The third-order valence-electron chi connectivity index (χ3n) is 21.1. The number of carbonyl (C=O) groups is 3. The van der Waals surface area contributed by atoms with Crippen molar-refractivity contribution >= 4 is 33.6 Å². The van der Waals surface area contributed by atoms with Gasteiger partial charge in [0.2, 0.25) is 0 Å². The monoisotopic (exact) mass is 1790 g/mol. The van der Waals surface area contributed by atoms with E-state index in [0.717, 1.165) is 180 Å². The molecule has 0 aliphatic rings. The van der Waals surface area contributed by atoms with Gasteiger partial charge >= 0.3 is 33.6 Å². The standard InChI is InChI=1S/C107H182O16P2/c1-4-7-10-13-16-19-22-25-28-31-34-37-40-43-46-49-50-53-55-57-60-63-66-69-72-75-78-81-84-87-90-93-105(110)117-96-102(108)97-119-124(113,114)120-98-103(109)99-121-125(115,116)122-101-104(123-107(112)95-92-89-86-83-80-77-74-71-68-65-62-59-56-52-48-45-42-39-36-33-30-27-24-21-18-15-12-9-6-3)100-118-106(111)94-91-88-85-82-79-76-73-70-67-64-61-58-54-51-47-44-41-38-35-32-29-26-23-20-17-14-11-8-5-2/h7-8,10-11,16-21,25-30,34-39,43-48,50,53,102-104,108-109H,4-6,9,12-15,22-24,31-33,40-42,49,51-52,54-101H2,1-3H3,(H,113,114)(H,115,116)/b10-7-,11-8-,19-16-,20-17-,21-18-,28-25-,29-26-,30-27-,37-34-,38-35-,39-36-,46-43-,47-44-,48-45-,53-50-. The number of hydrogen-bond acceptors (Lipinski definition) is 14. The molecule has 0 spiro atoms. The zero-order valence-corrected chi connectivity index (χ0v) is 81.0. The van der Waals surface area contributed by atoms with Crippen LogP contribution >= 0.6 is 15.6 Å². The van der Waals surface area contributed by atoms with Gasteiger partial charge in [-0.15, -0.1) is 0 Å². The number of hydrogen-bond donors (Lipinski definition) is 4. The normalized spacial score (nSPS) is 14.5. The summed E-state index contributed by atoms with van der Waals surface area (Å²) in [6.07, 6.45) is 129. The Balaban J connectivity index is 4.65. The molecule has 125 heavy (non-hydrogen) atoms. The van der Waals surface area contributed by atoms with Gasteiger partial charge in [-0.1, -0.05) is 421 Å². The summed E-state index contributed by atoms with van der Waals surface area (Å²) in [7, 11) is -9.82. The molecule has 0 radical (unpaired) electrons. The second-order valence-corrected chi connectivity index (χ2v) is 36.1. The minimum atomic E-state index is -4.95. The minimum absolute atomic E-state index is 0.0992. The number of phosphoric acid groups is 2. The second kappa shape index (κ2) is 97.7. The summed E-state index contributed by atoms with van der Waals surface area (Å²) in [6.45, 7) is 2.49. The Morgan fingerprint density at radius 1 is 0.232 bits per heavy atom.